The van der Waals surface area contributed by atoms with Crippen molar-refractivity contribution in [2.75, 3.05) is 0 Å². The van der Waals surface area contributed by atoms with Crippen molar-refractivity contribution in [1.29, 1.82) is 0 Å². The Morgan fingerprint density at radius 3 is 2.62 bits per heavy atom. The van der Waals surface area contributed by atoms with Gasteiger partial charge in [0, 0.05) is 11.6 Å². The summed E-state index contributed by atoms with van der Waals surface area (Å²) in [6, 6.07) is 4.98. The highest BCUT2D eigenvalue weighted by Crippen LogP contribution is 2.22. The van der Waals surface area contributed by atoms with E-state index in [9.17, 15) is 4.39 Å². The number of hydrogen-bond donors (Lipinski definition) is 1. The summed E-state index contributed by atoms with van der Waals surface area (Å²) in [6.07, 6.45) is 1.61. The molecule has 0 aliphatic heterocycles. The molecule has 2 N–H and O–H groups in total. The van der Waals surface area contributed by atoms with Gasteiger partial charge in [-0.15, -0.1) is 0 Å². The molecule has 0 amide bonds. The molecule has 72 valence electrons. The van der Waals surface area contributed by atoms with Gasteiger partial charge in [-0.25, -0.2) is 4.39 Å². The molecule has 0 aromatic heterocycles. The molecule has 0 bridgehead atoms. The van der Waals surface area contributed by atoms with Crippen LogP contribution < -0.4 is 5.73 Å². The molecule has 0 saturated carbocycles. The van der Waals surface area contributed by atoms with E-state index in [4.69, 9.17) is 5.73 Å². The topological polar surface area (TPSA) is 26.0 Å². The Hall–Kier alpha value is -0.890. The smallest absolute Gasteiger partial charge is 0.128 e. The molecule has 2 heteroatoms. The molecule has 0 aliphatic carbocycles. The van der Waals surface area contributed by atoms with Crippen LogP contribution in [-0.4, -0.2) is 0 Å². The summed E-state index contributed by atoms with van der Waals surface area (Å²) < 4.78 is 13.4. The van der Waals surface area contributed by atoms with E-state index in [1.807, 2.05) is 19.9 Å². The van der Waals surface area contributed by atoms with Crippen molar-refractivity contribution in [3.63, 3.8) is 0 Å². The van der Waals surface area contributed by atoms with E-state index in [2.05, 4.69) is 0 Å². The molecule has 0 radical (unpaired) electrons. The van der Waals surface area contributed by atoms with Crippen LogP contribution in [0.2, 0.25) is 0 Å². The quantitative estimate of drug-likeness (QED) is 0.762. The lowest BCUT2D eigenvalue weighted by atomic mass is 9.97. The van der Waals surface area contributed by atoms with E-state index in [1.165, 1.54) is 6.07 Å². The van der Waals surface area contributed by atoms with E-state index < -0.39 is 0 Å². The summed E-state index contributed by atoms with van der Waals surface area (Å²) in [6.45, 7) is 3.98. The highest BCUT2D eigenvalue weighted by atomic mass is 19.1. The van der Waals surface area contributed by atoms with Crippen LogP contribution in [0, 0.1) is 5.82 Å². The van der Waals surface area contributed by atoms with E-state index in [1.54, 1.807) is 6.07 Å². The zero-order valence-corrected chi connectivity index (χ0v) is 8.18. The lowest BCUT2D eigenvalue weighted by Crippen LogP contribution is -2.13. The Morgan fingerprint density at radius 2 is 2.08 bits per heavy atom. The lowest BCUT2D eigenvalue weighted by Gasteiger charge is -2.14. The fraction of sp³-hybridized carbons (Fsp3) is 0.455. The van der Waals surface area contributed by atoms with E-state index in [0.29, 0.717) is 5.56 Å². The molecule has 0 spiro atoms. The maximum Gasteiger partial charge on any atom is 0.128 e. The highest BCUT2D eigenvalue weighted by molar-refractivity contribution is 5.31. The van der Waals surface area contributed by atoms with E-state index in [0.717, 1.165) is 18.4 Å². The van der Waals surface area contributed by atoms with Crippen LogP contribution >= 0.6 is 0 Å². The summed E-state index contributed by atoms with van der Waals surface area (Å²) in [5.41, 5.74) is 7.54. The molecular formula is C11H16FN. The van der Waals surface area contributed by atoms with Gasteiger partial charge in [0.2, 0.25) is 0 Å². The molecule has 1 atom stereocenters. The molecule has 0 saturated heterocycles. The predicted molar refractivity (Wildman–Crippen MR) is 53.0 cm³/mol. The minimum atomic E-state index is -0.172. The first-order chi connectivity index (χ1) is 6.20. The zero-order chi connectivity index (χ0) is 9.84. The summed E-state index contributed by atoms with van der Waals surface area (Å²) >= 11 is 0. The van der Waals surface area contributed by atoms with Crippen LogP contribution in [0.15, 0.2) is 18.2 Å². The minimum Gasteiger partial charge on any atom is -0.324 e. The van der Waals surface area contributed by atoms with E-state index in [-0.39, 0.29) is 11.9 Å². The van der Waals surface area contributed by atoms with Gasteiger partial charge in [-0.1, -0.05) is 26.0 Å². The standard InChI is InChI=1S/C11H16FN/c1-3-8-6-5-7-9(12)11(8)10(13)4-2/h5-7,10H,3-4,13H2,1-2H3/t10-/m1/s1. The summed E-state index contributed by atoms with van der Waals surface area (Å²) in [7, 11) is 0. The average Bonchev–Trinajstić information content (AvgIpc) is 2.16. The van der Waals surface area contributed by atoms with Crippen LogP contribution in [0.25, 0.3) is 0 Å². The predicted octanol–water partition coefficient (Wildman–Crippen LogP) is 2.80. The fourth-order valence-electron chi connectivity index (χ4n) is 1.51. The number of aryl methyl sites for hydroxylation is 1. The van der Waals surface area contributed by atoms with Gasteiger partial charge in [0.1, 0.15) is 5.82 Å². The van der Waals surface area contributed by atoms with Crippen molar-refractivity contribution in [3.05, 3.63) is 35.1 Å². The fourth-order valence-corrected chi connectivity index (χ4v) is 1.51. The van der Waals surface area contributed by atoms with Crippen molar-refractivity contribution < 1.29 is 4.39 Å². The van der Waals surface area contributed by atoms with Gasteiger partial charge in [0.05, 0.1) is 0 Å². The van der Waals surface area contributed by atoms with Gasteiger partial charge in [-0.3, -0.25) is 0 Å². The minimum absolute atomic E-state index is 0.170. The number of rotatable bonds is 3. The van der Waals surface area contributed by atoms with E-state index >= 15 is 0 Å². The average molecular weight is 181 g/mol. The highest BCUT2D eigenvalue weighted by Gasteiger charge is 2.12. The maximum absolute atomic E-state index is 13.4. The van der Waals surface area contributed by atoms with Crippen molar-refractivity contribution in [2.24, 2.45) is 5.73 Å². The van der Waals surface area contributed by atoms with Crippen LogP contribution in [0.3, 0.4) is 0 Å². The number of benzene rings is 1. The first-order valence-electron chi connectivity index (χ1n) is 4.73. The summed E-state index contributed by atoms with van der Waals surface area (Å²) in [5, 5.41) is 0. The molecule has 0 unspecified atom stereocenters. The lowest BCUT2D eigenvalue weighted by molar-refractivity contribution is 0.570. The largest absolute Gasteiger partial charge is 0.324 e. The molecule has 1 nitrogen and oxygen atoms in total. The number of halogens is 1. The van der Waals surface area contributed by atoms with Gasteiger partial charge < -0.3 is 5.73 Å². The molecule has 1 rings (SSSR count). The SMILES string of the molecule is CCc1cccc(F)c1[C@H](N)CC. The third-order valence-electron chi connectivity index (χ3n) is 2.33. The van der Waals surface area contributed by atoms with Gasteiger partial charge in [-0.2, -0.15) is 0 Å². The molecular weight excluding hydrogens is 165 g/mol. The second-order valence-corrected chi connectivity index (χ2v) is 3.18. The molecule has 0 heterocycles. The van der Waals surface area contributed by atoms with Crippen LogP contribution in [-0.2, 0) is 6.42 Å². The Balaban J connectivity index is 3.14. The first-order valence-corrected chi connectivity index (χ1v) is 4.73. The molecule has 1 aromatic rings. The zero-order valence-electron chi connectivity index (χ0n) is 8.18. The van der Waals surface area contributed by atoms with Crippen molar-refractivity contribution in [1.82, 2.24) is 0 Å². The van der Waals surface area contributed by atoms with Crippen molar-refractivity contribution >= 4 is 0 Å². The van der Waals surface area contributed by atoms with Gasteiger partial charge in [-0.05, 0) is 24.5 Å². The third-order valence-corrected chi connectivity index (χ3v) is 2.33. The summed E-state index contributed by atoms with van der Waals surface area (Å²) in [5.74, 6) is -0.172. The number of nitrogens with two attached hydrogens (primary N) is 1. The molecule has 0 aliphatic rings. The Morgan fingerprint density at radius 1 is 1.38 bits per heavy atom. The van der Waals surface area contributed by atoms with Crippen LogP contribution in [0.5, 0.6) is 0 Å². The van der Waals surface area contributed by atoms with Crippen molar-refractivity contribution in [2.45, 2.75) is 32.7 Å². The Kier molecular flexibility index (Phi) is 3.43. The van der Waals surface area contributed by atoms with Gasteiger partial charge >= 0.3 is 0 Å². The normalized spacial score (nSPS) is 12.9. The van der Waals surface area contributed by atoms with Gasteiger partial charge in [0.25, 0.3) is 0 Å². The molecule has 13 heavy (non-hydrogen) atoms. The van der Waals surface area contributed by atoms with Crippen LogP contribution in [0.4, 0.5) is 4.39 Å². The van der Waals surface area contributed by atoms with Crippen LogP contribution in [0.1, 0.15) is 37.4 Å². The summed E-state index contributed by atoms with van der Waals surface area (Å²) in [4.78, 5) is 0. The first kappa shape index (κ1) is 10.2. The third kappa shape index (κ3) is 2.07. The number of hydrogen-bond acceptors (Lipinski definition) is 1. The maximum atomic E-state index is 13.4. The Labute approximate surface area is 78.8 Å². The second-order valence-electron chi connectivity index (χ2n) is 3.18. The monoisotopic (exact) mass is 181 g/mol. The Bertz CT molecular complexity index is 283. The molecule has 0 fully saturated rings. The molecule has 1 aromatic carbocycles. The van der Waals surface area contributed by atoms with Gasteiger partial charge in [0.15, 0.2) is 0 Å². The second kappa shape index (κ2) is 4.38. The van der Waals surface area contributed by atoms with Crippen molar-refractivity contribution in [3.8, 4) is 0 Å².